The average molecular weight is 300 g/mol. The van der Waals surface area contributed by atoms with Crippen LogP contribution in [0.25, 0.3) is 0 Å². The van der Waals surface area contributed by atoms with Crippen LogP contribution in [0.15, 0.2) is 30.3 Å². The molecule has 6 heteroatoms. The van der Waals surface area contributed by atoms with Crippen molar-refractivity contribution in [3.63, 3.8) is 0 Å². The minimum absolute atomic E-state index is 0.0272. The Hall–Kier alpha value is -1.56. The van der Waals surface area contributed by atoms with Gasteiger partial charge in [-0.1, -0.05) is 30.3 Å². The van der Waals surface area contributed by atoms with Crippen LogP contribution in [0.4, 0.5) is 13.2 Å². The highest BCUT2D eigenvalue weighted by Crippen LogP contribution is 2.32. The lowest BCUT2D eigenvalue weighted by atomic mass is 9.97. The number of nitrogens with one attached hydrogen (secondary N) is 1. The standard InChI is InChI=1S/C15H19F3N2O/c16-15(17,18)13-7-4-8-20(10-13)11-14(21)19-9-12-5-2-1-3-6-12/h1-3,5-6,13H,4,7-11H2,(H,19,21). The summed E-state index contributed by atoms with van der Waals surface area (Å²) in [5.41, 5.74) is 0.970. The molecule has 0 spiro atoms. The zero-order chi connectivity index (χ0) is 15.3. The molecule has 3 nitrogen and oxygen atoms in total. The maximum atomic E-state index is 12.7. The van der Waals surface area contributed by atoms with Gasteiger partial charge in [-0.3, -0.25) is 9.69 Å². The van der Waals surface area contributed by atoms with Crippen LogP contribution in [-0.4, -0.2) is 36.6 Å². The van der Waals surface area contributed by atoms with E-state index in [-0.39, 0.29) is 25.4 Å². The van der Waals surface area contributed by atoms with E-state index in [0.29, 0.717) is 19.5 Å². The minimum Gasteiger partial charge on any atom is -0.351 e. The van der Waals surface area contributed by atoms with E-state index >= 15 is 0 Å². The Morgan fingerprint density at radius 3 is 2.67 bits per heavy atom. The van der Waals surface area contributed by atoms with Gasteiger partial charge in [0.05, 0.1) is 12.5 Å². The van der Waals surface area contributed by atoms with Crippen molar-refractivity contribution in [3.8, 4) is 0 Å². The first-order chi connectivity index (χ1) is 9.95. The van der Waals surface area contributed by atoms with E-state index in [4.69, 9.17) is 0 Å². The Morgan fingerprint density at radius 2 is 2.00 bits per heavy atom. The molecule has 1 unspecified atom stereocenters. The number of alkyl halides is 3. The number of halogens is 3. The predicted octanol–water partition coefficient (Wildman–Crippen LogP) is 2.58. The molecule has 2 rings (SSSR count). The molecule has 0 bridgehead atoms. The Kier molecular flexibility index (Phi) is 5.22. The molecule has 1 aromatic carbocycles. The van der Waals surface area contributed by atoms with E-state index in [1.807, 2.05) is 30.3 Å². The monoisotopic (exact) mass is 300 g/mol. The molecule has 1 fully saturated rings. The summed E-state index contributed by atoms with van der Waals surface area (Å²) < 4.78 is 38.1. The molecule has 1 heterocycles. The Bertz CT molecular complexity index is 462. The van der Waals surface area contributed by atoms with Gasteiger partial charge in [0.15, 0.2) is 0 Å². The fourth-order valence-corrected chi connectivity index (χ4v) is 2.52. The Morgan fingerprint density at radius 1 is 1.29 bits per heavy atom. The van der Waals surface area contributed by atoms with Crippen molar-refractivity contribution < 1.29 is 18.0 Å². The average Bonchev–Trinajstić information content (AvgIpc) is 2.46. The highest BCUT2D eigenvalue weighted by atomic mass is 19.4. The van der Waals surface area contributed by atoms with Crippen molar-refractivity contribution in [2.45, 2.75) is 25.6 Å². The number of carbonyl (C=O) groups excluding carboxylic acids is 1. The zero-order valence-electron chi connectivity index (χ0n) is 11.7. The van der Waals surface area contributed by atoms with E-state index in [2.05, 4.69) is 5.32 Å². The third-order valence-corrected chi connectivity index (χ3v) is 3.67. The molecule has 0 aliphatic carbocycles. The first-order valence-electron chi connectivity index (χ1n) is 7.05. The van der Waals surface area contributed by atoms with Crippen LogP contribution in [0.2, 0.25) is 0 Å². The number of hydrogen-bond acceptors (Lipinski definition) is 2. The fourth-order valence-electron chi connectivity index (χ4n) is 2.52. The topological polar surface area (TPSA) is 32.3 Å². The molecular weight excluding hydrogens is 281 g/mol. The van der Waals surface area contributed by atoms with Crippen molar-refractivity contribution in [2.24, 2.45) is 5.92 Å². The number of carbonyl (C=O) groups is 1. The molecule has 21 heavy (non-hydrogen) atoms. The fraction of sp³-hybridized carbons (Fsp3) is 0.533. The number of hydrogen-bond donors (Lipinski definition) is 1. The molecule has 116 valence electrons. The quantitative estimate of drug-likeness (QED) is 0.927. The molecule has 1 atom stereocenters. The van der Waals surface area contributed by atoms with Crippen LogP contribution in [0.1, 0.15) is 18.4 Å². The van der Waals surface area contributed by atoms with Gasteiger partial charge in [0, 0.05) is 13.1 Å². The normalized spacial score (nSPS) is 20.2. The number of rotatable bonds is 4. The van der Waals surface area contributed by atoms with E-state index in [9.17, 15) is 18.0 Å². The number of nitrogens with zero attached hydrogens (tertiary/aromatic N) is 1. The second-order valence-corrected chi connectivity index (χ2v) is 5.38. The summed E-state index contributed by atoms with van der Waals surface area (Å²) in [7, 11) is 0. The second-order valence-electron chi connectivity index (χ2n) is 5.38. The maximum Gasteiger partial charge on any atom is 0.393 e. The van der Waals surface area contributed by atoms with Gasteiger partial charge >= 0.3 is 6.18 Å². The molecular formula is C15H19F3N2O. The minimum atomic E-state index is -4.17. The maximum absolute atomic E-state index is 12.7. The number of likely N-dealkylation sites (tertiary alicyclic amines) is 1. The lowest BCUT2D eigenvalue weighted by Gasteiger charge is -2.33. The van der Waals surface area contributed by atoms with Crippen LogP contribution in [0.3, 0.4) is 0 Å². The van der Waals surface area contributed by atoms with Gasteiger partial charge in [0.1, 0.15) is 0 Å². The molecule has 1 saturated heterocycles. The van der Waals surface area contributed by atoms with Crippen molar-refractivity contribution in [1.29, 1.82) is 0 Å². The highest BCUT2D eigenvalue weighted by molar-refractivity contribution is 5.78. The highest BCUT2D eigenvalue weighted by Gasteiger charge is 2.41. The molecule has 1 aromatic rings. The third kappa shape index (κ3) is 5.04. The van der Waals surface area contributed by atoms with Crippen LogP contribution < -0.4 is 5.32 Å². The van der Waals surface area contributed by atoms with Gasteiger partial charge in [-0.2, -0.15) is 13.2 Å². The summed E-state index contributed by atoms with van der Waals surface area (Å²) in [6, 6.07) is 9.41. The van der Waals surface area contributed by atoms with Gasteiger partial charge in [0.2, 0.25) is 5.91 Å². The predicted molar refractivity (Wildman–Crippen MR) is 73.5 cm³/mol. The van der Waals surface area contributed by atoms with Crippen molar-refractivity contribution in [3.05, 3.63) is 35.9 Å². The largest absolute Gasteiger partial charge is 0.393 e. The van der Waals surface area contributed by atoms with Gasteiger partial charge < -0.3 is 5.32 Å². The first-order valence-corrected chi connectivity index (χ1v) is 7.05. The third-order valence-electron chi connectivity index (χ3n) is 3.67. The Balaban J connectivity index is 1.77. The molecule has 1 amide bonds. The van der Waals surface area contributed by atoms with Gasteiger partial charge in [0.25, 0.3) is 0 Å². The van der Waals surface area contributed by atoms with Gasteiger partial charge in [-0.25, -0.2) is 0 Å². The van der Waals surface area contributed by atoms with Gasteiger partial charge in [-0.15, -0.1) is 0 Å². The zero-order valence-corrected chi connectivity index (χ0v) is 11.7. The van der Waals surface area contributed by atoms with Crippen LogP contribution in [-0.2, 0) is 11.3 Å². The molecule has 0 aromatic heterocycles. The van der Waals surface area contributed by atoms with Crippen LogP contribution in [0.5, 0.6) is 0 Å². The number of piperidine rings is 1. The summed E-state index contributed by atoms with van der Waals surface area (Å²) in [6.45, 7) is 0.892. The van der Waals surface area contributed by atoms with Crippen molar-refractivity contribution >= 4 is 5.91 Å². The molecule has 1 N–H and O–H groups in total. The number of benzene rings is 1. The van der Waals surface area contributed by atoms with E-state index in [1.165, 1.54) is 0 Å². The summed E-state index contributed by atoms with van der Waals surface area (Å²) >= 11 is 0. The summed E-state index contributed by atoms with van der Waals surface area (Å²) in [5, 5.41) is 2.74. The molecule has 0 saturated carbocycles. The summed E-state index contributed by atoms with van der Waals surface area (Å²) in [4.78, 5) is 13.4. The molecule has 1 aliphatic heterocycles. The summed E-state index contributed by atoms with van der Waals surface area (Å²) in [5.74, 6) is -1.55. The SMILES string of the molecule is O=C(CN1CCCC(C(F)(F)F)C1)NCc1ccccc1. The smallest absolute Gasteiger partial charge is 0.351 e. The lowest BCUT2D eigenvalue weighted by molar-refractivity contribution is -0.187. The Labute approximate surface area is 122 Å². The van der Waals surface area contributed by atoms with E-state index in [1.54, 1.807) is 4.90 Å². The second kappa shape index (κ2) is 6.93. The molecule has 0 radical (unpaired) electrons. The van der Waals surface area contributed by atoms with Crippen molar-refractivity contribution in [2.75, 3.05) is 19.6 Å². The lowest BCUT2D eigenvalue weighted by Crippen LogP contribution is -2.45. The number of amides is 1. The van der Waals surface area contributed by atoms with Crippen LogP contribution in [0, 0.1) is 5.92 Å². The van der Waals surface area contributed by atoms with Crippen molar-refractivity contribution in [1.82, 2.24) is 10.2 Å². The van der Waals surface area contributed by atoms with Crippen LogP contribution >= 0.6 is 0 Å². The van der Waals surface area contributed by atoms with E-state index < -0.39 is 12.1 Å². The van der Waals surface area contributed by atoms with E-state index in [0.717, 1.165) is 5.56 Å². The molecule has 1 aliphatic rings. The summed E-state index contributed by atoms with van der Waals surface area (Å²) in [6.07, 6.45) is -3.53. The first kappa shape index (κ1) is 15.8. The van der Waals surface area contributed by atoms with Gasteiger partial charge in [-0.05, 0) is 24.9 Å².